The molecular weight excluding hydrogens is 312 g/mol. The molecule has 1 N–H and O–H groups in total. The van der Waals surface area contributed by atoms with Gasteiger partial charge in [0.25, 0.3) is 0 Å². The van der Waals surface area contributed by atoms with Crippen molar-refractivity contribution in [3.63, 3.8) is 0 Å². The van der Waals surface area contributed by atoms with Crippen molar-refractivity contribution in [2.75, 3.05) is 16.6 Å². The molecule has 5 nitrogen and oxygen atoms in total. The summed E-state index contributed by atoms with van der Waals surface area (Å²) >= 11 is 0. The molecule has 0 spiro atoms. The van der Waals surface area contributed by atoms with Crippen molar-refractivity contribution in [1.82, 2.24) is 5.32 Å². The number of anilines is 1. The summed E-state index contributed by atoms with van der Waals surface area (Å²) in [7, 11) is -3.15. The van der Waals surface area contributed by atoms with Crippen LogP contribution in [0, 0.1) is 0 Å². The number of carbonyl (C=O) groups is 1. The highest BCUT2D eigenvalue weighted by Gasteiger charge is 2.28. The van der Waals surface area contributed by atoms with Gasteiger partial charge >= 0.3 is 0 Å². The smallest absolute Gasteiger partial charge is 0.244 e. The second-order valence-corrected chi connectivity index (χ2v) is 7.88. The second-order valence-electron chi connectivity index (χ2n) is 5.86. The average molecular weight is 336 g/mol. The van der Waals surface area contributed by atoms with Crippen LogP contribution in [0.1, 0.15) is 38.7 Å². The molecule has 0 bridgehead atoms. The van der Waals surface area contributed by atoms with Crippen LogP contribution in [0.5, 0.6) is 0 Å². The summed E-state index contributed by atoms with van der Waals surface area (Å²) in [4.78, 5) is 11.8. The molecule has 1 amide bonds. The predicted octanol–water partition coefficient (Wildman–Crippen LogP) is 2.54. The molecule has 1 aliphatic heterocycles. The number of nitrogens with zero attached hydrogens (tertiary/aromatic N) is 1. The van der Waals surface area contributed by atoms with E-state index >= 15 is 0 Å². The van der Waals surface area contributed by atoms with Gasteiger partial charge in [0.2, 0.25) is 15.9 Å². The maximum absolute atomic E-state index is 11.9. The first kappa shape index (κ1) is 17.5. The Kier molecular flexibility index (Phi) is 5.82. The molecule has 1 atom stereocenters. The van der Waals surface area contributed by atoms with E-state index in [1.165, 1.54) is 10.4 Å². The molecule has 1 heterocycles. The predicted molar refractivity (Wildman–Crippen MR) is 93.7 cm³/mol. The number of nitrogens with one attached hydrogen (secondary N) is 1. The van der Waals surface area contributed by atoms with Crippen molar-refractivity contribution >= 4 is 27.7 Å². The van der Waals surface area contributed by atoms with Crippen LogP contribution in [-0.4, -0.2) is 32.7 Å². The fraction of sp³-hybridized carbons (Fsp3) is 0.471. The highest BCUT2D eigenvalue weighted by molar-refractivity contribution is 7.93. The van der Waals surface area contributed by atoms with Gasteiger partial charge < -0.3 is 5.32 Å². The fourth-order valence-corrected chi connectivity index (χ4v) is 4.21. The van der Waals surface area contributed by atoms with Crippen molar-refractivity contribution in [2.24, 2.45) is 0 Å². The van der Waals surface area contributed by atoms with E-state index in [-0.39, 0.29) is 17.7 Å². The van der Waals surface area contributed by atoms with E-state index in [9.17, 15) is 13.2 Å². The van der Waals surface area contributed by atoms with Gasteiger partial charge in [0.15, 0.2) is 0 Å². The second kappa shape index (κ2) is 7.64. The van der Waals surface area contributed by atoms with Gasteiger partial charge in [0, 0.05) is 18.7 Å². The monoisotopic (exact) mass is 336 g/mol. The van der Waals surface area contributed by atoms with E-state index in [1.807, 2.05) is 19.1 Å². The van der Waals surface area contributed by atoms with Gasteiger partial charge in [-0.3, -0.25) is 9.10 Å². The molecule has 0 aromatic heterocycles. The summed E-state index contributed by atoms with van der Waals surface area (Å²) in [6, 6.07) is 7.37. The zero-order valence-electron chi connectivity index (χ0n) is 13.7. The van der Waals surface area contributed by atoms with Crippen LogP contribution in [-0.2, 0) is 14.8 Å². The normalized spacial score (nSPS) is 18.3. The van der Waals surface area contributed by atoms with E-state index in [0.29, 0.717) is 18.7 Å². The SMILES string of the molecule is CCCC(C)NC(=O)/C=C/c1ccc(N2CCCS2(=O)=O)cc1. The number of benzene rings is 1. The Morgan fingerprint density at radius 1 is 1.35 bits per heavy atom. The van der Waals surface area contributed by atoms with Crippen molar-refractivity contribution in [2.45, 2.75) is 39.2 Å². The van der Waals surface area contributed by atoms with Gasteiger partial charge in [-0.25, -0.2) is 8.42 Å². The van der Waals surface area contributed by atoms with Crippen molar-refractivity contribution in [1.29, 1.82) is 0 Å². The highest BCUT2D eigenvalue weighted by atomic mass is 32.2. The summed E-state index contributed by atoms with van der Waals surface area (Å²) in [5.41, 5.74) is 1.55. The Labute approximate surface area is 138 Å². The van der Waals surface area contributed by atoms with Crippen molar-refractivity contribution in [3.8, 4) is 0 Å². The Balaban J connectivity index is 1.97. The molecule has 1 fully saturated rings. The highest BCUT2D eigenvalue weighted by Crippen LogP contribution is 2.24. The minimum absolute atomic E-state index is 0.114. The molecule has 0 aliphatic carbocycles. The number of rotatable bonds is 6. The largest absolute Gasteiger partial charge is 0.350 e. The molecule has 1 aliphatic rings. The number of hydrogen-bond acceptors (Lipinski definition) is 3. The molecule has 0 radical (unpaired) electrons. The number of sulfonamides is 1. The van der Waals surface area contributed by atoms with Crippen LogP contribution in [0.3, 0.4) is 0 Å². The maximum atomic E-state index is 11.9. The molecule has 1 saturated heterocycles. The lowest BCUT2D eigenvalue weighted by atomic mass is 10.1. The fourth-order valence-electron chi connectivity index (χ4n) is 2.65. The average Bonchev–Trinajstić information content (AvgIpc) is 2.85. The van der Waals surface area contributed by atoms with Crippen LogP contribution in [0.2, 0.25) is 0 Å². The van der Waals surface area contributed by atoms with E-state index in [4.69, 9.17) is 0 Å². The van der Waals surface area contributed by atoms with Crippen molar-refractivity contribution in [3.05, 3.63) is 35.9 Å². The zero-order valence-corrected chi connectivity index (χ0v) is 14.5. The molecule has 1 aromatic rings. The molecule has 1 aromatic carbocycles. The van der Waals surface area contributed by atoms with Crippen LogP contribution in [0.4, 0.5) is 5.69 Å². The third kappa shape index (κ3) is 4.82. The molecule has 2 rings (SSSR count). The van der Waals surface area contributed by atoms with Gasteiger partial charge in [0.1, 0.15) is 0 Å². The van der Waals surface area contributed by atoms with E-state index in [0.717, 1.165) is 18.4 Å². The number of carbonyl (C=O) groups excluding carboxylic acids is 1. The lowest BCUT2D eigenvalue weighted by molar-refractivity contribution is -0.117. The Bertz CT molecular complexity index is 666. The maximum Gasteiger partial charge on any atom is 0.244 e. The standard InChI is InChI=1S/C17H24N2O3S/c1-3-5-14(2)18-17(20)11-8-15-6-9-16(10-7-15)19-12-4-13-23(19,21)22/h6-11,14H,3-5,12-13H2,1-2H3,(H,18,20)/b11-8+. The Morgan fingerprint density at radius 3 is 2.61 bits per heavy atom. The van der Waals surface area contributed by atoms with Crippen LogP contribution in [0.25, 0.3) is 6.08 Å². The number of hydrogen-bond donors (Lipinski definition) is 1. The molecule has 0 saturated carbocycles. The van der Waals surface area contributed by atoms with Crippen LogP contribution >= 0.6 is 0 Å². The first-order valence-corrected chi connectivity index (χ1v) is 9.62. The topological polar surface area (TPSA) is 66.5 Å². The quantitative estimate of drug-likeness (QED) is 0.812. The third-order valence-electron chi connectivity index (χ3n) is 3.82. The van der Waals surface area contributed by atoms with Gasteiger partial charge in [0.05, 0.1) is 11.4 Å². The summed E-state index contributed by atoms with van der Waals surface area (Å²) < 4.78 is 25.2. The Morgan fingerprint density at radius 2 is 2.04 bits per heavy atom. The first-order chi connectivity index (χ1) is 10.9. The minimum Gasteiger partial charge on any atom is -0.350 e. The summed E-state index contributed by atoms with van der Waals surface area (Å²) in [5, 5.41) is 2.90. The van der Waals surface area contributed by atoms with Gasteiger partial charge in [-0.1, -0.05) is 25.5 Å². The third-order valence-corrected chi connectivity index (χ3v) is 5.69. The van der Waals surface area contributed by atoms with Gasteiger partial charge in [-0.15, -0.1) is 0 Å². The van der Waals surface area contributed by atoms with Crippen LogP contribution in [0.15, 0.2) is 30.3 Å². The lowest BCUT2D eigenvalue weighted by Crippen LogP contribution is -2.30. The summed E-state index contributed by atoms with van der Waals surface area (Å²) in [5.74, 6) is 0.0993. The van der Waals surface area contributed by atoms with E-state index < -0.39 is 10.0 Å². The van der Waals surface area contributed by atoms with Crippen molar-refractivity contribution < 1.29 is 13.2 Å². The number of amides is 1. The molecule has 23 heavy (non-hydrogen) atoms. The summed E-state index contributed by atoms with van der Waals surface area (Å²) in [6.07, 6.45) is 5.90. The molecular formula is C17H24N2O3S. The minimum atomic E-state index is -3.15. The molecule has 126 valence electrons. The van der Waals surface area contributed by atoms with E-state index in [2.05, 4.69) is 12.2 Å². The van der Waals surface area contributed by atoms with Gasteiger partial charge in [-0.05, 0) is 43.5 Å². The van der Waals surface area contributed by atoms with Crippen LogP contribution < -0.4 is 9.62 Å². The Hall–Kier alpha value is -1.82. The van der Waals surface area contributed by atoms with E-state index in [1.54, 1.807) is 18.2 Å². The molecule has 1 unspecified atom stereocenters. The summed E-state index contributed by atoms with van der Waals surface area (Å²) in [6.45, 7) is 4.61. The first-order valence-electron chi connectivity index (χ1n) is 8.01. The zero-order chi connectivity index (χ0) is 16.9. The lowest BCUT2D eigenvalue weighted by Gasteiger charge is -2.16. The molecule has 6 heteroatoms. The van der Waals surface area contributed by atoms with Gasteiger partial charge in [-0.2, -0.15) is 0 Å².